The Morgan fingerprint density at radius 1 is 1.50 bits per heavy atom. The molecule has 0 N–H and O–H groups in total. The molecule has 0 fully saturated rings. The van der Waals surface area contributed by atoms with Crippen LogP contribution in [0.3, 0.4) is 0 Å². The zero-order chi connectivity index (χ0) is 6.97. The zero-order valence-corrected chi connectivity index (χ0v) is 6.86. The van der Waals surface area contributed by atoms with Crippen molar-refractivity contribution in [3.8, 4) is 0 Å². The lowest BCUT2D eigenvalue weighted by molar-refractivity contribution is 1.33. The largest absolute Gasteiger partial charge is 0.0643 e. The van der Waals surface area contributed by atoms with Crippen molar-refractivity contribution >= 4 is 13.5 Å². The van der Waals surface area contributed by atoms with Gasteiger partial charge in [0, 0.05) is 5.31 Å². The van der Waals surface area contributed by atoms with Crippen LogP contribution >= 0.6 is 8.20 Å². The molecular formula is C9H9P. The van der Waals surface area contributed by atoms with E-state index in [1.54, 1.807) is 5.29 Å². The van der Waals surface area contributed by atoms with Gasteiger partial charge in [0.25, 0.3) is 0 Å². The lowest BCUT2D eigenvalue weighted by Gasteiger charge is -1.84. The SMILES string of the molecule is CCC1=PC2=CC=CC2=C1. The van der Waals surface area contributed by atoms with Gasteiger partial charge in [-0.2, -0.15) is 0 Å². The molecule has 10 heavy (non-hydrogen) atoms. The van der Waals surface area contributed by atoms with Crippen LogP contribution in [-0.4, -0.2) is 5.29 Å². The maximum Gasteiger partial charge on any atom is 0.00930 e. The molecule has 1 heteroatoms. The van der Waals surface area contributed by atoms with Crippen LogP contribution < -0.4 is 0 Å². The number of hydrogen-bond acceptors (Lipinski definition) is 0. The van der Waals surface area contributed by atoms with Crippen LogP contribution in [0.1, 0.15) is 13.3 Å². The summed E-state index contributed by atoms with van der Waals surface area (Å²) in [4.78, 5) is 0. The summed E-state index contributed by atoms with van der Waals surface area (Å²) in [6.45, 7) is 2.21. The fraction of sp³-hybridized carbons (Fsp3) is 0.222. The molecule has 0 saturated carbocycles. The fourth-order valence-electron chi connectivity index (χ4n) is 1.20. The highest BCUT2D eigenvalue weighted by Gasteiger charge is 2.11. The van der Waals surface area contributed by atoms with E-state index in [4.69, 9.17) is 0 Å². The molecule has 0 nitrogen and oxygen atoms in total. The van der Waals surface area contributed by atoms with E-state index in [0.29, 0.717) is 0 Å². The summed E-state index contributed by atoms with van der Waals surface area (Å²) in [6, 6.07) is 0. The number of rotatable bonds is 1. The van der Waals surface area contributed by atoms with E-state index in [1.165, 1.54) is 25.5 Å². The molecular weight excluding hydrogens is 139 g/mol. The third-order valence-electron chi connectivity index (χ3n) is 1.77. The predicted octanol–water partition coefficient (Wildman–Crippen LogP) is 2.91. The summed E-state index contributed by atoms with van der Waals surface area (Å²) in [5, 5.41) is 3.03. The van der Waals surface area contributed by atoms with Gasteiger partial charge >= 0.3 is 0 Å². The number of fused-ring (bicyclic) bond motifs is 1. The molecule has 2 rings (SSSR count). The van der Waals surface area contributed by atoms with Crippen molar-refractivity contribution in [1.82, 2.24) is 0 Å². The Bertz CT molecular complexity index is 277. The molecule has 1 aliphatic carbocycles. The van der Waals surface area contributed by atoms with Crippen LogP contribution in [0.2, 0.25) is 0 Å². The third kappa shape index (κ3) is 0.803. The Morgan fingerprint density at radius 2 is 2.40 bits per heavy atom. The first-order chi connectivity index (χ1) is 4.90. The van der Waals surface area contributed by atoms with Crippen LogP contribution in [-0.2, 0) is 0 Å². The average Bonchev–Trinajstić information content (AvgIpc) is 2.42. The van der Waals surface area contributed by atoms with Gasteiger partial charge in [-0.05, 0) is 29.4 Å². The third-order valence-corrected chi connectivity index (χ3v) is 3.15. The first-order valence-corrected chi connectivity index (χ1v) is 4.47. The molecule has 0 bridgehead atoms. The van der Waals surface area contributed by atoms with Gasteiger partial charge in [-0.15, -0.1) is 0 Å². The van der Waals surface area contributed by atoms with Crippen LogP contribution in [0.15, 0.2) is 35.2 Å². The minimum atomic E-state index is 1.19. The Labute approximate surface area is 62.8 Å². The van der Waals surface area contributed by atoms with Gasteiger partial charge in [-0.1, -0.05) is 27.3 Å². The molecule has 0 unspecified atom stereocenters. The standard InChI is InChI=1S/C9H9P/c1-2-8-6-7-4-3-5-9(7)10-8/h3-6H,2H2,1H3. The molecule has 2 aliphatic rings. The first kappa shape index (κ1) is 6.12. The molecule has 1 heterocycles. The Hall–Kier alpha value is -0.610. The maximum absolute atomic E-state index is 2.30. The van der Waals surface area contributed by atoms with Crippen LogP contribution in [0.5, 0.6) is 0 Å². The second-order valence-electron chi connectivity index (χ2n) is 2.47. The molecule has 0 spiro atoms. The van der Waals surface area contributed by atoms with Crippen molar-refractivity contribution in [2.75, 3.05) is 0 Å². The summed E-state index contributed by atoms with van der Waals surface area (Å²) in [5.41, 5.74) is 1.43. The molecule has 0 saturated heterocycles. The summed E-state index contributed by atoms with van der Waals surface area (Å²) < 4.78 is 0. The van der Waals surface area contributed by atoms with Crippen molar-refractivity contribution in [1.29, 1.82) is 0 Å². The summed E-state index contributed by atoms with van der Waals surface area (Å²) >= 11 is 0. The van der Waals surface area contributed by atoms with Crippen molar-refractivity contribution in [3.63, 3.8) is 0 Å². The minimum absolute atomic E-state index is 1.19. The van der Waals surface area contributed by atoms with Crippen LogP contribution in [0, 0.1) is 0 Å². The monoisotopic (exact) mass is 148 g/mol. The van der Waals surface area contributed by atoms with Gasteiger partial charge in [0.1, 0.15) is 0 Å². The highest BCUT2D eigenvalue weighted by atomic mass is 31.1. The molecule has 0 amide bonds. The fourth-order valence-corrected chi connectivity index (χ4v) is 2.30. The lowest BCUT2D eigenvalue weighted by atomic mass is 10.2. The Kier molecular flexibility index (Phi) is 1.35. The van der Waals surface area contributed by atoms with E-state index in [-0.39, 0.29) is 0 Å². The lowest BCUT2D eigenvalue weighted by Crippen LogP contribution is -1.80. The van der Waals surface area contributed by atoms with Crippen molar-refractivity contribution < 1.29 is 0 Å². The van der Waals surface area contributed by atoms with E-state index in [9.17, 15) is 0 Å². The maximum atomic E-state index is 2.30. The molecule has 0 aromatic carbocycles. The van der Waals surface area contributed by atoms with Crippen molar-refractivity contribution in [3.05, 3.63) is 35.2 Å². The summed E-state index contributed by atoms with van der Waals surface area (Å²) in [7, 11) is 1.43. The van der Waals surface area contributed by atoms with E-state index in [2.05, 4.69) is 31.2 Å². The van der Waals surface area contributed by atoms with Gasteiger partial charge in [0.15, 0.2) is 0 Å². The van der Waals surface area contributed by atoms with E-state index < -0.39 is 0 Å². The molecule has 0 radical (unpaired) electrons. The van der Waals surface area contributed by atoms with Crippen molar-refractivity contribution in [2.24, 2.45) is 0 Å². The Balaban J connectivity index is 2.38. The van der Waals surface area contributed by atoms with E-state index in [0.717, 1.165) is 0 Å². The first-order valence-electron chi connectivity index (χ1n) is 3.58. The quantitative estimate of drug-likeness (QED) is 0.501. The summed E-state index contributed by atoms with van der Waals surface area (Å²) in [6.07, 6.45) is 10.0. The number of allylic oxidation sites excluding steroid dienone is 6. The molecule has 1 aliphatic heterocycles. The molecule has 0 aromatic heterocycles. The van der Waals surface area contributed by atoms with Crippen LogP contribution in [0.25, 0.3) is 0 Å². The van der Waals surface area contributed by atoms with Gasteiger partial charge < -0.3 is 0 Å². The highest BCUT2D eigenvalue weighted by Crippen LogP contribution is 2.35. The molecule has 0 atom stereocenters. The van der Waals surface area contributed by atoms with Gasteiger partial charge in [-0.3, -0.25) is 0 Å². The van der Waals surface area contributed by atoms with Gasteiger partial charge in [-0.25, -0.2) is 0 Å². The zero-order valence-electron chi connectivity index (χ0n) is 5.96. The topological polar surface area (TPSA) is 0 Å². The second-order valence-corrected chi connectivity index (χ2v) is 3.75. The Morgan fingerprint density at radius 3 is 3.10 bits per heavy atom. The normalized spacial score (nSPS) is 21.9. The van der Waals surface area contributed by atoms with Crippen LogP contribution in [0.4, 0.5) is 0 Å². The molecule has 0 aromatic rings. The van der Waals surface area contributed by atoms with E-state index >= 15 is 0 Å². The van der Waals surface area contributed by atoms with Crippen molar-refractivity contribution in [2.45, 2.75) is 13.3 Å². The minimum Gasteiger partial charge on any atom is -0.0643 e. The predicted molar refractivity (Wildman–Crippen MR) is 47.5 cm³/mol. The second kappa shape index (κ2) is 2.21. The van der Waals surface area contributed by atoms with E-state index in [1.807, 2.05) is 0 Å². The summed E-state index contributed by atoms with van der Waals surface area (Å²) in [5.74, 6) is 0. The van der Waals surface area contributed by atoms with Gasteiger partial charge in [0.05, 0.1) is 0 Å². The van der Waals surface area contributed by atoms with Gasteiger partial charge in [0.2, 0.25) is 0 Å². The number of hydrogen-bond donors (Lipinski definition) is 0. The highest BCUT2D eigenvalue weighted by molar-refractivity contribution is 7.47. The smallest absolute Gasteiger partial charge is 0.00930 e. The molecule has 50 valence electrons. The average molecular weight is 148 g/mol.